The first-order valence-corrected chi connectivity index (χ1v) is 6.46. The Morgan fingerprint density at radius 1 is 1.38 bits per heavy atom. The molecule has 4 N–H and O–H groups in total. The predicted octanol–water partition coefficient (Wildman–Crippen LogP) is 0.101. The lowest BCUT2D eigenvalue weighted by molar-refractivity contribution is -0.121. The number of methoxy groups -OCH3 is 2. The first kappa shape index (κ1) is 16.9. The van der Waals surface area contributed by atoms with Crippen LogP contribution in [0.3, 0.4) is 0 Å². The second kappa shape index (κ2) is 8.93. The molecule has 1 atom stereocenters. The summed E-state index contributed by atoms with van der Waals surface area (Å²) >= 11 is 0. The van der Waals surface area contributed by atoms with Crippen LogP contribution in [0.4, 0.5) is 0 Å². The van der Waals surface area contributed by atoms with Gasteiger partial charge in [-0.2, -0.15) is 0 Å². The molecule has 7 heteroatoms. The van der Waals surface area contributed by atoms with E-state index >= 15 is 0 Å². The first-order chi connectivity index (χ1) is 10.1. The molecule has 0 aliphatic rings. The van der Waals surface area contributed by atoms with Crippen LogP contribution in [0, 0.1) is 0 Å². The summed E-state index contributed by atoms with van der Waals surface area (Å²) in [7, 11) is 3.15. The Kier molecular flexibility index (Phi) is 7.20. The van der Waals surface area contributed by atoms with Crippen molar-refractivity contribution in [1.82, 2.24) is 5.32 Å². The van der Waals surface area contributed by atoms with Crippen LogP contribution in [-0.4, -0.2) is 50.4 Å². The average Bonchev–Trinajstić information content (AvgIpc) is 2.51. The van der Waals surface area contributed by atoms with Gasteiger partial charge in [0.1, 0.15) is 0 Å². The average molecular weight is 295 g/mol. The minimum absolute atomic E-state index is 0.0357. The van der Waals surface area contributed by atoms with E-state index in [1.54, 1.807) is 38.5 Å². The number of oxime groups is 1. The van der Waals surface area contributed by atoms with E-state index in [0.717, 1.165) is 5.56 Å². The number of rotatable bonds is 8. The maximum absolute atomic E-state index is 11.8. The second-order valence-corrected chi connectivity index (χ2v) is 4.48. The lowest BCUT2D eigenvalue weighted by Crippen LogP contribution is -2.36. The molecule has 0 heterocycles. The van der Waals surface area contributed by atoms with Crippen molar-refractivity contribution in [3.8, 4) is 0 Å². The maximum Gasteiger partial charge on any atom is 0.224 e. The van der Waals surface area contributed by atoms with Crippen LogP contribution in [0.2, 0.25) is 0 Å². The quantitative estimate of drug-likeness (QED) is 0.273. The van der Waals surface area contributed by atoms with Crippen LogP contribution in [0.15, 0.2) is 29.4 Å². The highest BCUT2D eigenvalue weighted by molar-refractivity contribution is 5.97. The third kappa shape index (κ3) is 5.80. The number of carbonyl (C=O) groups is 1. The van der Waals surface area contributed by atoms with Gasteiger partial charge in [-0.15, -0.1) is 0 Å². The standard InChI is InChI=1S/C14H21N3O4/c1-20-9-12(21-2)8-16-13(18)7-10-3-5-11(6-4-10)14(15)17-19/h3-6,12,19H,7-9H2,1-2H3,(H2,15,17)(H,16,18). The molecule has 0 saturated heterocycles. The van der Waals surface area contributed by atoms with Crippen molar-refractivity contribution in [2.75, 3.05) is 27.4 Å². The summed E-state index contributed by atoms with van der Waals surface area (Å²) in [5.74, 6) is -0.0711. The van der Waals surface area contributed by atoms with Gasteiger partial charge in [0.2, 0.25) is 5.91 Å². The predicted molar refractivity (Wildman–Crippen MR) is 78.3 cm³/mol. The van der Waals surface area contributed by atoms with Crippen molar-refractivity contribution in [3.63, 3.8) is 0 Å². The molecule has 116 valence electrons. The van der Waals surface area contributed by atoms with E-state index in [-0.39, 0.29) is 24.3 Å². The van der Waals surface area contributed by atoms with Crippen molar-refractivity contribution in [1.29, 1.82) is 0 Å². The zero-order valence-corrected chi connectivity index (χ0v) is 12.2. The molecule has 21 heavy (non-hydrogen) atoms. The molecule has 0 aliphatic heterocycles. The van der Waals surface area contributed by atoms with Crippen molar-refractivity contribution < 1.29 is 19.5 Å². The summed E-state index contributed by atoms with van der Waals surface area (Å²) in [4.78, 5) is 11.8. The Morgan fingerprint density at radius 2 is 2.05 bits per heavy atom. The van der Waals surface area contributed by atoms with Gasteiger partial charge in [0.15, 0.2) is 5.84 Å². The van der Waals surface area contributed by atoms with Crippen molar-refractivity contribution in [3.05, 3.63) is 35.4 Å². The lowest BCUT2D eigenvalue weighted by Gasteiger charge is -2.15. The third-order valence-electron chi connectivity index (χ3n) is 2.93. The summed E-state index contributed by atoms with van der Waals surface area (Å²) < 4.78 is 10.1. The Bertz CT molecular complexity index is 474. The zero-order valence-electron chi connectivity index (χ0n) is 12.2. The number of carbonyl (C=O) groups excluding carboxylic acids is 1. The monoisotopic (exact) mass is 295 g/mol. The van der Waals surface area contributed by atoms with Crippen molar-refractivity contribution >= 4 is 11.7 Å². The molecule has 1 aromatic rings. The number of nitrogens with one attached hydrogen (secondary N) is 1. The van der Waals surface area contributed by atoms with Crippen LogP contribution < -0.4 is 11.1 Å². The minimum atomic E-state index is -0.165. The molecular formula is C14H21N3O4. The van der Waals surface area contributed by atoms with E-state index in [4.69, 9.17) is 20.4 Å². The van der Waals surface area contributed by atoms with Gasteiger partial charge in [-0.1, -0.05) is 29.4 Å². The highest BCUT2D eigenvalue weighted by Gasteiger charge is 2.10. The summed E-state index contributed by atoms with van der Waals surface area (Å²) in [5, 5.41) is 14.3. The van der Waals surface area contributed by atoms with Gasteiger partial charge in [-0.3, -0.25) is 4.79 Å². The maximum atomic E-state index is 11.8. The normalized spacial score (nSPS) is 13.0. The largest absolute Gasteiger partial charge is 0.409 e. The van der Waals surface area contributed by atoms with Gasteiger partial charge in [0.25, 0.3) is 0 Å². The number of hydrogen-bond acceptors (Lipinski definition) is 5. The second-order valence-electron chi connectivity index (χ2n) is 4.48. The number of ether oxygens (including phenoxy) is 2. The van der Waals surface area contributed by atoms with Crippen LogP contribution in [-0.2, 0) is 20.7 Å². The number of benzene rings is 1. The molecule has 0 fully saturated rings. The summed E-state index contributed by atoms with van der Waals surface area (Å²) in [6.45, 7) is 0.816. The van der Waals surface area contributed by atoms with Gasteiger partial charge in [0, 0.05) is 26.3 Å². The number of hydrogen-bond donors (Lipinski definition) is 3. The molecule has 1 unspecified atom stereocenters. The van der Waals surface area contributed by atoms with Gasteiger partial charge < -0.3 is 25.7 Å². The van der Waals surface area contributed by atoms with Crippen molar-refractivity contribution in [2.24, 2.45) is 10.9 Å². The molecule has 1 aromatic carbocycles. The molecule has 0 aromatic heterocycles. The van der Waals surface area contributed by atoms with E-state index < -0.39 is 0 Å². The Morgan fingerprint density at radius 3 is 2.57 bits per heavy atom. The highest BCUT2D eigenvalue weighted by atomic mass is 16.5. The fourth-order valence-electron chi connectivity index (χ4n) is 1.72. The van der Waals surface area contributed by atoms with Crippen LogP contribution in [0.25, 0.3) is 0 Å². The number of amidine groups is 1. The zero-order chi connectivity index (χ0) is 15.7. The van der Waals surface area contributed by atoms with E-state index in [1.807, 2.05) is 0 Å². The van der Waals surface area contributed by atoms with E-state index in [1.165, 1.54) is 0 Å². The fourth-order valence-corrected chi connectivity index (χ4v) is 1.72. The smallest absolute Gasteiger partial charge is 0.224 e. The number of amides is 1. The van der Waals surface area contributed by atoms with Crippen LogP contribution in [0.1, 0.15) is 11.1 Å². The molecule has 1 amide bonds. The van der Waals surface area contributed by atoms with E-state index in [9.17, 15) is 4.79 Å². The summed E-state index contributed by atoms with van der Waals surface area (Å²) in [5.41, 5.74) is 6.90. The summed E-state index contributed by atoms with van der Waals surface area (Å²) in [6, 6.07) is 6.91. The fraction of sp³-hybridized carbons (Fsp3) is 0.429. The van der Waals surface area contributed by atoms with Gasteiger partial charge in [-0.05, 0) is 5.56 Å². The first-order valence-electron chi connectivity index (χ1n) is 6.46. The number of nitrogens with two attached hydrogens (primary N) is 1. The third-order valence-corrected chi connectivity index (χ3v) is 2.93. The Labute approximate surface area is 123 Å². The van der Waals surface area contributed by atoms with Gasteiger partial charge >= 0.3 is 0 Å². The lowest BCUT2D eigenvalue weighted by atomic mass is 10.1. The van der Waals surface area contributed by atoms with E-state index in [0.29, 0.717) is 18.7 Å². The Balaban J connectivity index is 2.47. The van der Waals surface area contributed by atoms with Gasteiger partial charge in [0.05, 0.1) is 19.1 Å². The van der Waals surface area contributed by atoms with Crippen LogP contribution >= 0.6 is 0 Å². The van der Waals surface area contributed by atoms with Crippen molar-refractivity contribution in [2.45, 2.75) is 12.5 Å². The molecule has 0 spiro atoms. The van der Waals surface area contributed by atoms with Gasteiger partial charge in [-0.25, -0.2) is 0 Å². The van der Waals surface area contributed by atoms with E-state index in [2.05, 4.69) is 10.5 Å². The minimum Gasteiger partial charge on any atom is -0.409 e. The summed E-state index contributed by atoms with van der Waals surface area (Å²) in [6.07, 6.45) is 0.0850. The molecular weight excluding hydrogens is 274 g/mol. The SMILES string of the molecule is COCC(CNC(=O)Cc1ccc(/C(N)=N/O)cc1)OC. The molecule has 0 radical (unpaired) electrons. The highest BCUT2D eigenvalue weighted by Crippen LogP contribution is 2.05. The molecule has 7 nitrogen and oxygen atoms in total. The van der Waals surface area contributed by atoms with Crippen LogP contribution in [0.5, 0.6) is 0 Å². The topological polar surface area (TPSA) is 106 Å². The molecule has 1 rings (SSSR count). The number of nitrogens with zero attached hydrogens (tertiary/aromatic N) is 1. The molecule has 0 bridgehead atoms. The Hall–Kier alpha value is -2.12. The molecule has 0 aliphatic carbocycles. The molecule has 0 saturated carbocycles.